The quantitative estimate of drug-likeness (QED) is 0.736. The van der Waals surface area contributed by atoms with Crippen molar-refractivity contribution < 1.29 is 5.21 Å². The van der Waals surface area contributed by atoms with E-state index >= 15 is 0 Å². The second kappa shape index (κ2) is 3.78. The average Bonchev–Trinajstić information content (AvgIpc) is 2.48. The maximum Gasteiger partial charge on any atom is 0.0496 e. The molecule has 1 N–H and O–H groups in total. The fourth-order valence-electron chi connectivity index (χ4n) is 1.94. The van der Waals surface area contributed by atoms with Gasteiger partial charge in [0.25, 0.3) is 0 Å². The van der Waals surface area contributed by atoms with Crippen LogP contribution in [0.2, 0.25) is 0 Å². The van der Waals surface area contributed by atoms with E-state index in [-0.39, 0.29) is 0 Å². The second-order valence-corrected chi connectivity index (χ2v) is 4.65. The Morgan fingerprint density at radius 1 is 1.46 bits per heavy atom. The molecule has 0 spiro atoms. The van der Waals surface area contributed by atoms with Gasteiger partial charge >= 0.3 is 0 Å². The minimum Gasteiger partial charge on any atom is -0.314 e. The SMILES string of the molecule is CN(O)Cc1csc2c1CCCC2. The lowest BCUT2D eigenvalue weighted by molar-refractivity contribution is -0.0732. The van der Waals surface area contributed by atoms with Gasteiger partial charge in [-0.15, -0.1) is 11.3 Å². The number of aryl methyl sites for hydroxylation is 1. The van der Waals surface area contributed by atoms with Crippen LogP contribution in [0, 0.1) is 0 Å². The summed E-state index contributed by atoms with van der Waals surface area (Å²) in [5.41, 5.74) is 2.84. The highest BCUT2D eigenvalue weighted by Gasteiger charge is 2.15. The maximum atomic E-state index is 9.16. The van der Waals surface area contributed by atoms with Crippen molar-refractivity contribution in [1.82, 2.24) is 5.06 Å². The molecule has 1 aliphatic carbocycles. The van der Waals surface area contributed by atoms with Gasteiger partial charge in [0.1, 0.15) is 0 Å². The van der Waals surface area contributed by atoms with E-state index in [2.05, 4.69) is 5.38 Å². The van der Waals surface area contributed by atoms with E-state index in [0.29, 0.717) is 6.54 Å². The molecule has 0 aromatic carbocycles. The van der Waals surface area contributed by atoms with Gasteiger partial charge in [-0.05, 0) is 42.2 Å². The van der Waals surface area contributed by atoms with Crippen molar-refractivity contribution in [2.45, 2.75) is 32.2 Å². The lowest BCUT2D eigenvalue weighted by Gasteiger charge is -2.14. The number of nitrogens with zero attached hydrogens (tertiary/aromatic N) is 1. The highest BCUT2D eigenvalue weighted by Crippen LogP contribution is 2.30. The van der Waals surface area contributed by atoms with Crippen molar-refractivity contribution in [2.24, 2.45) is 0 Å². The third-order valence-corrected chi connectivity index (χ3v) is 3.68. The minimum atomic E-state index is 0.672. The van der Waals surface area contributed by atoms with E-state index in [4.69, 9.17) is 5.21 Å². The molecule has 0 atom stereocenters. The zero-order valence-electron chi connectivity index (χ0n) is 7.92. The normalized spacial score (nSPS) is 16.2. The summed E-state index contributed by atoms with van der Waals surface area (Å²) in [6.45, 7) is 0.672. The Hall–Kier alpha value is -0.380. The zero-order chi connectivity index (χ0) is 9.26. The van der Waals surface area contributed by atoms with Crippen LogP contribution in [0.1, 0.15) is 28.8 Å². The van der Waals surface area contributed by atoms with E-state index in [1.165, 1.54) is 41.9 Å². The predicted molar refractivity (Wildman–Crippen MR) is 54.2 cm³/mol. The Kier molecular flexibility index (Phi) is 2.67. The van der Waals surface area contributed by atoms with Crippen LogP contribution in [0.4, 0.5) is 0 Å². The van der Waals surface area contributed by atoms with Crippen molar-refractivity contribution in [2.75, 3.05) is 7.05 Å². The average molecular weight is 197 g/mol. The fourth-order valence-corrected chi connectivity index (χ4v) is 3.08. The molecule has 1 heterocycles. The fraction of sp³-hybridized carbons (Fsp3) is 0.600. The van der Waals surface area contributed by atoms with Crippen molar-refractivity contribution in [3.63, 3.8) is 0 Å². The predicted octanol–water partition coefficient (Wildman–Crippen LogP) is 2.45. The summed E-state index contributed by atoms with van der Waals surface area (Å²) in [6, 6.07) is 0. The molecule has 0 saturated heterocycles. The monoisotopic (exact) mass is 197 g/mol. The van der Waals surface area contributed by atoms with Crippen molar-refractivity contribution in [3.05, 3.63) is 21.4 Å². The van der Waals surface area contributed by atoms with Gasteiger partial charge in [-0.1, -0.05) is 0 Å². The number of rotatable bonds is 2. The van der Waals surface area contributed by atoms with Gasteiger partial charge < -0.3 is 5.21 Å². The van der Waals surface area contributed by atoms with Crippen LogP contribution in [0.25, 0.3) is 0 Å². The van der Waals surface area contributed by atoms with Crippen LogP contribution in [0.3, 0.4) is 0 Å². The molecular formula is C10H15NOS. The lowest BCUT2D eigenvalue weighted by Crippen LogP contribution is -2.13. The summed E-state index contributed by atoms with van der Waals surface area (Å²) in [5, 5.41) is 12.6. The third-order valence-electron chi connectivity index (χ3n) is 2.55. The summed E-state index contributed by atoms with van der Waals surface area (Å²) in [4.78, 5) is 1.54. The highest BCUT2D eigenvalue weighted by atomic mass is 32.1. The maximum absolute atomic E-state index is 9.16. The summed E-state index contributed by atoms with van der Waals surface area (Å²) in [7, 11) is 1.70. The molecule has 0 aliphatic heterocycles. The molecule has 0 unspecified atom stereocenters. The minimum absolute atomic E-state index is 0.672. The molecular weight excluding hydrogens is 182 g/mol. The van der Waals surface area contributed by atoms with E-state index in [9.17, 15) is 0 Å². The number of hydroxylamine groups is 2. The zero-order valence-corrected chi connectivity index (χ0v) is 8.73. The van der Waals surface area contributed by atoms with E-state index in [0.717, 1.165) is 0 Å². The van der Waals surface area contributed by atoms with Crippen molar-refractivity contribution >= 4 is 11.3 Å². The van der Waals surface area contributed by atoms with Crippen molar-refractivity contribution in [1.29, 1.82) is 0 Å². The summed E-state index contributed by atoms with van der Waals surface area (Å²) in [5.74, 6) is 0. The van der Waals surface area contributed by atoms with Crippen LogP contribution in [0.15, 0.2) is 5.38 Å². The number of hydrogen-bond donors (Lipinski definition) is 1. The largest absolute Gasteiger partial charge is 0.314 e. The standard InChI is InChI=1S/C10H15NOS/c1-11(12)6-8-7-13-10-5-3-2-4-9(8)10/h7,12H,2-6H2,1H3. The topological polar surface area (TPSA) is 23.5 Å². The molecule has 0 fully saturated rings. The summed E-state index contributed by atoms with van der Waals surface area (Å²) in [6.07, 6.45) is 5.10. The molecule has 0 amide bonds. The van der Waals surface area contributed by atoms with Crippen LogP contribution < -0.4 is 0 Å². The first-order chi connectivity index (χ1) is 6.27. The summed E-state index contributed by atoms with van der Waals surface area (Å²) < 4.78 is 0. The Balaban J connectivity index is 2.21. The first kappa shape index (κ1) is 9.19. The molecule has 13 heavy (non-hydrogen) atoms. The highest BCUT2D eigenvalue weighted by molar-refractivity contribution is 7.10. The smallest absolute Gasteiger partial charge is 0.0496 e. The second-order valence-electron chi connectivity index (χ2n) is 3.69. The van der Waals surface area contributed by atoms with Gasteiger partial charge in [-0.2, -0.15) is 5.06 Å². The molecule has 0 radical (unpaired) electrons. The van der Waals surface area contributed by atoms with Crippen molar-refractivity contribution in [3.8, 4) is 0 Å². The van der Waals surface area contributed by atoms with Gasteiger partial charge in [0.2, 0.25) is 0 Å². The Morgan fingerprint density at radius 2 is 2.23 bits per heavy atom. The first-order valence-electron chi connectivity index (χ1n) is 4.75. The first-order valence-corrected chi connectivity index (χ1v) is 5.63. The molecule has 72 valence electrons. The van der Waals surface area contributed by atoms with E-state index in [1.54, 1.807) is 11.9 Å². The Morgan fingerprint density at radius 3 is 3.00 bits per heavy atom. The molecule has 0 saturated carbocycles. The molecule has 3 heteroatoms. The third kappa shape index (κ3) is 1.93. The molecule has 0 bridgehead atoms. The Bertz CT molecular complexity index is 293. The molecule has 1 aliphatic rings. The van der Waals surface area contributed by atoms with Crippen LogP contribution in [-0.4, -0.2) is 17.3 Å². The van der Waals surface area contributed by atoms with Gasteiger partial charge in [-0.25, -0.2) is 0 Å². The number of hydrogen-bond acceptors (Lipinski definition) is 3. The number of thiophene rings is 1. The lowest BCUT2D eigenvalue weighted by atomic mass is 9.96. The van der Waals surface area contributed by atoms with Gasteiger partial charge in [0.15, 0.2) is 0 Å². The van der Waals surface area contributed by atoms with E-state index in [1.807, 2.05) is 11.3 Å². The molecule has 1 aromatic heterocycles. The van der Waals surface area contributed by atoms with E-state index < -0.39 is 0 Å². The van der Waals surface area contributed by atoms with Crippen LogP contribution in [-0.2, 0) is 19.4 Å². The van der Waals surface area contributed by atoms with Gasteiger partial charge in [0.05, 0.1) is 0 Å². The van der Waals surface area contributed by atoms with Gasteiger partial charge in [-0.3, -0.25) is 0 Å². The number of fused-ring (bicyclic) bond motifs is 1. The van der Waals surface area contributed by atoms with Gasteiger partial charge in [0, 0.05) is 18.5 Å². The Labute approximate surface area is 82.8 Å². The molecule has 1 aromatic rings. The molecule has 2 nitrogen and oxygen atoms in total. The van der Waals surface area contributed by atoms with Crippen LogP contribution >= 0.6 is 11.3 Å². The summed E-state index contributed by atoms with van der Waals surface area (Å²) >= 11 is 1.86. The van der Waals surface area contributed by atoms with Crippen LogP contribution in [0.5, 0.6) is 0 Å². The molecule has 2 rings (SSSR count).